The first-order valence-corrected chi connectivity index (χ1v) is 3.58. The first-order valence-electron chi connectivity index (χ1n) is 3.58. The smallest absolute Gasteiger partial charge is 0.492 e. The molecule has 0 aliphatic carbocycles. The van der Waals surface area contributed by atoms with Crippen LogP contribution in [0.1, 0.15) is 5.56 Å². The molecule has 0 saturated carbocycles. The lowest BCUT2D eigenvalue weighted by molar-refractivity contribution is -0.137. The average Bonchev–Trinajstić information content (AvgIpc) is 2.01. The molecule has 7 heteroatoms. The summed E-state index contributed by atoms with van der Waals surface area (Å²) in [4.78, 5) is 0. The minimum absolute atomic E-state index is 0.363. The van der Waals surface area contributed by atoms with Gasteiger partial charge in [-0.1, -0.05) is 12.1 Å². The monoisotopic (exact) mass is 206 g/mol. The Morgan fingerprint density at radius 1 is 1.14 bits per heavy atom. The quantitative estimate of drug-likeness (QED) is 0.570. The fourth-order valence-corrected chi connectivity index (χ4v) is 0.938. The van der Waals surface area contributed by atoms with Crippen LogP contribution in [0.4, 0.5) is 13.2 Å². The van der Waals surface area contributed by atoms with E-state index in [0.29, 0.717) is 12.1 Å². The van der Waals surface area contributed by atoms with Gasteiger partial charge in [0, 0.05) is 5.46 Å². The van der Waals surface area contributed by atoms with E-state index in [2.05, 4.69) is 0 Å². The van der Waals surface area contributed by atoms with Gasteiger partial charge in [0.05, 0.1) is 5.56 Å². The van der Waals surface area contributed by atoms with E-state index in [9.17, 15) is 13.2 Å². The molecule has 0 saturated heterocycles. The van der Waals surface area contributed by atoms with Crippen LogP contribution in [0.5, 0.6) is 5.75 Å². The Kier molecular flexibility index (Phi) is 2.72. The summed E-state index contributed by atoms with van der Waals surface area (Å²) in [6, 6.07) is 1.91. The molecule has 0 aliphatic heterocycles. The summed E-state index contributed by atoms with van der Waals surface area (Å²) in [5, 5.41) is 26.2. The van der Waals surface area contributed by atoms with Gasteiger partial charge in [0.2, 0.25) is 0 Å². The molecule has 0 radical (unpaired) electrons. The lowest BCUT2D eigenvalue weighted by Crippen LogP contribution is -2.30. The Morgan fingerprint density at radius 2 is 1.71 bits per heavy atom. The summed E-state index contributed by atoms with van der Waals surface area (Å²) in [6.07, 6.45) is -4.56. The normalized spacial score (nSPS) is 11.5. The molecular formula is C7H6BF3O3. The zero-order chi connectivity index (χ0) is 10.9. The molecule has 14 heavy (non-hydrogen) atoms. The first-order chi connectivity index (χ1) is 6.32. The zero-order valence-corrected chi connectivity index (χ0v) is 6.78. The van der Waals surface area contributed by atoms with Crippen molar-refractivity contribution in [3.8, 4) is 5.75 Å². The lowest BCUT2D eigenvalue weighted by Gasteiger charge is -2.09. The predicted molar refractivity (Wildman–Crippen MR) is 42.9 cm³/mol. The lowest BCUT2D eigenvalue weighted by atomic mass is 9.79. The van der Waals surface area contributed by atoms with Crippen molar-refractivity contribution >= 4 is 12.6 Å². The van der Waals surface area contributed by atoms with Crippen molar-refractivity contribution in [2.75, 3.05) is 0 Å². The van der Waals surface area contributed by atoms with Crippen molar-refractivity contribution in [2.24, 2.45) is 0 Å². The van der Waals surface area contributed by atoms with Crippen LogP contribution in [0.25, 0.3) is 0 Å². The number of phenolic OH excluding ortho intramolecular Hbond substituents is 1. The second-order valence-electron chi connectivity index (χ2n) is 2.65. The number of halogens is 3. The maximum absolute atomic E-state index is 12.1. The van der Waals surface area contributed by atoms with E-state index in [1.807, 2.05) is 0 Å². The Labute approximate surface area is 77.6 Å². The van der Waals surface area contributed by atoms with Gasteiger partial charge in [0.1, 0.15) is 5.75 Å². The van der Waals surface area contributed by atoms with Crippen molar-refractivity contribution in [1.82, 2.24) is 0 Å². The largest absolute Gasteiger partial charge is 0.508 e. The second-order valence-corrected chi connectivity index (χ2v) is 2.65. The van der Waals surface area contributed by atoms with Crippen LogP contribution < -0.4 is 5.46 Å². The van der Waals surface area contributed by atoms with Gasteiger partial charge < -0.3 is 15.2 Å². The van der Waals surface area contributed by atoms with E-state index in [1.54, 1.807) is 0 Å². The zero-order valence-electron chi connectivity index (χ0n) is 6.78. The SMILES string of the molecule is OB(O)c1ccc(C(F)(F)F)cc1O. The fraction of sp³-hybridized carbons (Fsp3) is 0.143. The molecular weight excluding hydrogens is 200 g/mol. The van der Waals surface area contributed by atoms with Crippen molar-refractivity contribution in [3.05, 3.63) is 23.8 Å². The number of phenols is 1. The van der Waals surface area contributed by atoms with Gasteiger partial charge in [0.15, 0.2) is 0 Å². The second kappa shape index (κ2) is 3.51. The molecule has 0 unspecified atom stereocenters. The molecule has 0 amide bonds. The molecule has 0 aliphatic rings. The van der Waals surface area contributed by atoms with Crippen LogP contribution >= 0.6 is 0 Å². The molecule has 76 valence electrons. The van der Waals surface area contributed by atoms with Crippen LogP contribution in [0, 0.1) is 0 Å². The Morgan fingerprint density at radius 3 is 2.07 bits per heavy atom. The van der Waals surface area contributed by atoms with Crippen LogP contribution in [0.15, 0.2) is 18.2 Å². The maximum atomic E-state index is 12.1. The minimum atomic E-state index is -4.56. The molecule has 0 fully saturated rings. The van der Waals surface area contributed by atoms with Crippen molar-refractivity contribution in [3.63, 3.8) is 0 Å². The topological polar surface area (TPSA) is 60.7 Å². The maximum Gasteiger partial charge on any atom is 0.492 e. The number of benzene rings is 1. The van der Waals surface area contributed by atoms with Gasteiger partial charge in [0.25, 0.3) is 0 Å². The highest BCUT2D eigenvalue weighted by atomic mass is 19.4. The van der Waals surface area contributed by atoms with Crippen LogP contribution in [0.3, 0.4) is 0 Å². The van der Waals surface area contributed by atoms with Gasteiger partial charge in [-0.25, -0.2) is 0 Å². The highest BCUT2D eigenvalue weighted by Gasteiger charge is 2.31. The molecule has 1 aromatic rings. The first kappa shape index (κ1) is 10.9. The van der Waals surface area contributed by atoms with Crippen molar-refractivity contribution < 1.29 is 28.3 Å². The number of alkyl halides is 3. The highest BCUT2D eigenvalue weighted by molar-refractivity contribution is 6.59. The van der Waals surface area contributed by atoms with Gasteiger partial charge >= 0.3 is 13.3 Å². The summed E-state index contributed by atoms with van der Waals surface area (Å²) < 4.78 is 36.2. The molecule has 0 bridgehead atoms. The Hall–Kier alpha value is -1.21. The molecule has 0 aromatic heterocycles. The number of rotatable bonds is 1. The average molecular weight is 206 g/mol. The molecule has 0 spiro atoms. The molecule has 0 heterocycles. The van der Waals surface area contributed by atoms with Gasteiger partial charge in [-0.05, 0) is 6.07 Å². The Balaban J connectivity index is 3.13. The van der Waals surface area contributed by atoms with E-state index >= 15 is 0 Å². The van der Waals surface area contributed by atoms with E-state index in [0.717, 1.165) is 6.07 Å². The van der Waals surface area contributed by atoms with Gasteiger partial charge in [-0.2, -0.15) is 13.2 Å². The summed E-state index contributed by atoms with van der Waals surface area (Å²) in [5.74, 6) is -0.796. The predicted octanol–water partition coefficient (Wildman–Crippen LogP) is 0.0908. The number of hydrogen-bond donors (Lipinski definition) is 3. The number of aromatic hydroxyl groups is 1. The van der Waals surface area contributed by atoms with E-state index in [4.69, 9.17) is 15.2 Å². The molecule has 3 N–H and O–H groups in total. The van der Waals surface area contributed by atoms with E-state index in [-0.39, 0.29) is 5.46 Å². The van der Waals surface area contributed by atoms with Gasteiger partial charge in [-0.3, -0.25) is 0 Å². The summed E-state index contributed by atoms with van der Waals surface area (Å²) >= 11 is 0. The minimum Gasteiger partial charge on any atom is -0.508 e. The third-order valence-electron chi connectivity index (χ3n) is 1.64. The van der Waals surface area contributed by atoms with E-state index in [1.165, 1.54) is 0 Å². The molecule has 1 aromatic carbocycles. The van der Waals surface area contributed by atoms with Crippen molar-refractivity contribution in [2.45, 2.75) is 6.18 Å². The van der Waals surface area contributed by atoms with Crippen LogP contribution in [0.2, 0.25) is 0 Å². The third-order valence-corrected chi connectivity index (χ3v) is 1.64. The fourth-order valence-electron chi connectivity index (χ4n) is 0.938. The molecule has 0 atom stereocenters. The summed E-state index contributed by atoms with van der Waals surface area (Å²) in [7, 11) is -1.99. The number of hydrogen-bond acceptors (Lipinski definition) is 3. The third kappa shape index (κ3) is 2.18. The van der Waals surface area contributed by atoms with Crippen LogP contribution in [-0.2, 0) is 6.18 Å². The standard InChI is InChI=1S/C7H6BF3O3/c9-7(10,11)4-1-2-5(8(13)14)6(12)3-4/h1-3,12-14H. The summed E-state index contributed by atoms with van der Waals surface area (Å²) in [5.41, 5.74) is -1.41. The molecule has 1 rings (SSSR count). The molecule has 3 nitrogen and oxygen atoms in total. The van der Waals surface area contributed by atoms with Crippen molar-refractivity contribution in [1.29, 1.82) is 0 Å². The van der Waals surface area contributed by atoms with E-state index < -0.39 is 24.6 Å². The van der Waals surface area contributed by atoms with Crippen LogP contribution in [-0.4, -0.2) is 22.3 Å². The summed E-state index contributed by atoms with van der Waals surface area (Å²) in [6.45, 7) is 0. The van der Waals surface area contributed by atoms with Gasteiger partial charge in [-0.15, -0.1) is 0 Å². The highest BCUT2D eigenvalue weighted by Crippen LogP contribution is 2.30. The Bertz CT molecular complexity index is 337.